The summed E-state index contributed by atoms with van der Waals surface area (Å²) in [7, 11) is 1.43. The largest absolute Gasteiger partial charge is 0.468 e. The number of carbonyl (C=O) groups excluding carboxylic acids is 1. The molecule has 1 aromatic heterocycles. The van der Waals surface area contributed by atoms with Crippen molar-refractivity contribution in [3.05, 3.63) is 18.2 Å². The van der Waals surface area contributed by atoms with E-state index in [9.17, 15) is 4.79 Å². The molecule has 19 heavy (non-hydrogen) atoms. The van der Waals surface area contributed by atoms with Crippen LogP contribution in [0.25, 0.3) is 0 Å². The molecule has 5 nitrogen and oxygen atoms in total. The van der Waals surface area contributed by atoms with E-state index in [1.807, 2.05) is 13.1 Å². The van der Waals surface area contributed by atoms with Gasteiger partial charge in [-0.3, -0.25) is 4.79 Å². The summed E-state index contributed by atoms with van der Waals surface area (Å²) in [5, 5.41) is 3.29. The third-order valence-electron chi connectivity index (χ3n) is 3.37. The van der Waals surface area contributed by atoms with Crippen LogP contribution in [-0.4, -0.2) is 34.7 Å². The fourth-order valence-electron chi connectivity index (χ4n) is 2.09. The highest BCUT2D eigenvalue weighted by atomic mass is 16.5. The van der Waals surface area contributed by atoms with Crippen LogP contribution in [0.3, 0.4) is 0 Å². The van der Waals surface area contributed by atoms with Crippen LogP contribution in [0.2, 0.25) is 0 Å². The normalized spacial score (nSPS) is 14.1. The van der Waals surface area contributed by atoms with Gasteiger partial charge in [-0.05, 0) is 26.3 Å². The van der Waals surface area contributed by atoms with Gasteiger partial charge in [-0.25, -0.2) is 4.98 Å². The summed E-state index contributed by atoms with van der Waals surface area (Å²) in [6, 6.07) is 0. The van der Waals surface area contributed by atoms with Crippen molar-refractivity contribution in [2.24, 2.45) is 0 Å². The highest BCUT2D eigenvalue weighted by Crippen LogP contribution is 2.14. The molecule has 1 N–H and O–H groups in total. The summed E-state index contributed by atoms with van der Waals surface area (Å²) in [4.78, 5) is 16.2. The fourth-order valence-corrected chi connectivity index (χ4v) is 2.09. The first kappa shape index (κ1) is 15.7. The number of nitrogens with one attached hydrogen (secondary N) is 1. The Bertz CT molecular complexity index is 403. The molecule has 108 valence electrons. The van der Waals surface area contributed by atoms with E-state index in [2.05, 4.69) is 28.7 Å². The van der Waals surface area contributed by atoms with Gasteiger partial charge in [-0.15, -0.1) is 0 Å². The third-order valence-corrected chi connectivity index (χ3v) is 3.37. The molecule has 0 fully saturated rings. The van der Waals surface area contributed by atoms with E-state index in [1.165, 1.54) is 7.11 Å². The minimum Gasteiger partial charge on any atom is -0.468 e. The van der Waals surface area contributed by atoms with Crippen molar-refractivity contribution in [1.29, 1.82) is 0 Å². The average molecular weight is 267 g/mol. The van der Waals surface area contributed by atoms with Gasteiger partial charge >= 0.3 is 5.97 Å². The Morgan fingerprint density at radius 1 is 1.53 bits per heavy atom. The molecule has 0 aliphatic rings. The topological polar surface area (TPSA) is 56.2 Å². The molecule has 0 aliphatic carbocycles. The molecule has 0 aromatic carbocycles. The molecule has 1 unspecified atom stereocenters. The van der Waals surface area contributed by atoms with Crippen LogP contribution in [0.1, 0.15) is 39.4 Å². The summed E-state index contributed by atoms with van der Waals surface area (Å²) in [5.74, 6) is 0.835. The number of methoxy groups -OCH3 is 1. The molecule has 0 radical (unpaired) electrons. The first-order valence-corrected chi connectivity index (χ1v) is 6.90. The molecule has 1 heterocycles. The zero-order valence-electron chi connectivity index (χ0n) is 12.4. The molecule has 0 amide bonds. The smallest absolute Gasteiger partial charge is 0.325 e. The minimum absolute atomic E-state index is 0.209. The van der Waals surface area contributed by atoms with E-state index in [0.717, 1.165) is 31.8 Å². The highest BCUT2D eigenvalue weighted by Gasteiger charge is 2.33. The summed E-state index contributed by atoms with van der Waals surface area (Å²) in [6.45, 7) is 7.61. The zero-order valence-corrected chi connectivity index (χ0v) is 12.4. The maximum Gasteiger partial charge on any atom is 0.325 e. The lowest BCUT2D eigenvalue weighted by atomic mass is 9.97. The van der Waals surface area contributed by atoms with E-state index in [1.54, 1.807) is 6.20 Å². The van der Waals surface area contributed by atoms with E-state index in [-0.39, 0.29) is 5.97 Å². The summed E-state index contributed by atoms with van der Waals surface area (Å²) >= 11 is 0. The van der Waals surface area contributed by atoms with Crippen molar-refractivity contribution < 1.29 is 9.53 Å². The number of hydrogen-bond acceptors (Lipinski definition) is 4. The van der Waals surface area contributed by atoms with Gasteiger partial charge in [0.15, 0.2) is 0 Å². The second-order valence-electron chi connectivity index (χ2n) is 4.89. The fraction of sp³-hybridized carbons (Fsp3) is 0.714. The van der Waals surface area contributed by atoms with E-state index >= 15 is 0 Å². The number of aromatic nitrogens is 2. The van der Waals surface area contributed by atoms with Crippen LogP contribution in [0.4, 0.5) is 0 Å². The Morgan fingerprint density at radius 2 is 2.26 bits per heavy atom. The lowest BCUT2D eigenvalue weighted by molar-refractivity contribution is -0.148. The lowest BCUT2D eigenvalue weighted by Gasteiger charge is -2.28. The summed E-state index contributed by atoms with van der Waals surface area (Å²) in [5.41, 5.74) is -0.639. The molecule has 0 saturated carbocycles. The number of nitrogens with zero attached hydrogens (tertiary/aromatic N) is 2. The first-order chi connectivity index (χ1) is 9.07. The Hall–Kier alpha value is -1.36. The van der Waals surface area contributed by atoms with Crippen molar-refractivity contribution in [2.75, 3.05) is 13.7 Å². The Morgan fingerprint density at radius 3 is 2.84 bits per heavy atom. The molecular formula is C14H25N3O2. The SMILES string of the molecule is CCCNC(C)(CCn1ccnc1CC)C(=O)OC. The number of aryl methyl sites for hydroxylation is 2. The summed E-state index contributed by atoms with van der Waals surface area (Å²) < 4.78 is 7.00. The van der Waals surface area contributed by atoms with Gasteiger partial charge in [-0.1, -0.05) is 13.8 Å². The van der Waals surface area contributed by atoms with Crippen molar-refractivity contribution in [2.45, 2.75) is 52.1 Å². The molecule has 1 atom stereocenters. The van der Waals surface area contributed by atoms with Gasteiger partial charge in [-0.2, -0.15) is 0 Å². The van der Waals surface area contributed by atoms with Crippen LogP contribution in [0, 0.1) is 0 Å². The van der Waals surface area contributed by atoms with Gasteiger partial charge < -0.3 is 14.6 Å². The lowest BCUT2D eigenvalue weighted by Crippen LogP contribution is -2.51. The summed E-state index contributed by atoms with van der Waals surface area (Å²) in [6.07, 6.45) is 6.31. The predicted octanol–water partition coefficient (Wildman–Crippen LogP) is 1.77. The Balaban J connectivity index is 2.70. The molecule has 1 rings (SSSR count). The number of ether oxygens (including phenoxy) is 1. The number of esters is 1. The predicted molar refractivity (Wildman–Crippen MR) is 74.9 cm³/mol. The molecule has 1 aromatic rings. The number of hydrogen-bond donors (Lipinski definition) is 1. The molecule has 5 heteroatoms. The van der Waals surface area contributed by atoms with Gasteiger partial charge in [0.25, 0.3) is 0 Å². The second-order valence-corrected chi connectivity index (χ2v) is 4.89. The molecule has 0 aliphatic heterocycles. The van der Waals surface area contributed by atoms with E-state index in [4.69, 9.17) is 4.74 Å². The maximum atomic E-state index is 11.9. The van der Waals surface area contributed by atoms with Crippen LogP contribution >= 0.6 is 0 Å². The van der Waals surface area contributed by atoms with Gasteiger partial charge in [0.05, 0.1) is 7.11 Å². The van der Waals surface area contributed by atoms with E-state index < -0.39 is 5.54 Å². The van der Waals surface area contributed by atoms with Crippen molar-refractivity contribution in [3.8, 4) is 0 Å². The number of imidazole rings is 1. The number of rotatable bonds is 8. The Kier molecular flexibility index (Phi) is 6.02. The van der Waals surface area contributed by atoms with Crippen molar-refractivity contribution >= 4 is 5.97 Å². The third kappa shape index (κ3) is 4.06. The van der Waals surface area contributed by atoms with Gasteiger partial charge in [0.2, 0.25) is 0 Å². The van der Waals surface area contributed by atoms with Crippen molar-refractivity contribution in [1.82, 2.24) is 14.9 Å². The molecule has 0 spiro atoms. The standard InChI is InChI=1S/C14H25N3O2/c1-5-8-16-14(3,13(18)19-4)7-10-17-11-9-15-12(17)6-2/h9,11,16H,5-8,10H2,1-4H3. The average Bonchev–Trinajstić information content (AvgIpc) is 2.89. The van der Waals surface area contributed by atoms with Crippen LogP contribution < -0.4 is 5.32 Å². The van der Waals surface area contributed by atoms with Gasteiger partial charge in [0, 0.05) is 25.4 Å². The number of carbonyl (C=O) groups is 1. The van der Waals surface area contributed by atoms with Gasteiger partial charge in [0.1, 0.15) is 11.4 Å². The van der Waals surface area contributed by atoms with Crippen LogP contribution in [0.5, 0.6) is 0 Å². The first-order valence-electron chi connectivity index (χ1n) is 6.90. The second kappa shape index (κ2) is 7.28. The zero-order chi connectivity index (χ0) is 14.3. The van der Waals surface area contributed by atoms with Crippen molar-refractivity contribution in [3.63, 3.8) is 0 Å². The molecule has 0 bridgehead atoms. The highest BCUT2D eigenvalue weighted by molar-refractivity contribution is 5.80. The molecule has 0 saturated heterocycles. The molecular weight excluding hydrogens is 242 g/mol. The van der Waals surface area contributed by atoms with E-state index in [0.29, 0.717) is 6.42 Å². The minimum atomic E-state index is -0.639. The van der Waals surface area contributed by atoms with Crippen LogP contribution in [0.15, 0.2) is 12.4 Å². The monoisotopic (exact) mass is 267 g/mol. The maximum absolute atomic E-state index is 11.9. The quantitative estimate of drug-likeness (QED) is 0.729. The van der Waals surface area contributed by atoms with Crippen LogP contribution in [-0.2, 0) is 22.5 Å². The Labute approximate surface area is 115 Å².